The second-order valence-corrected chi connectivity index (χ2v) is 11.5. The summed E-state index contributed by atoms with van der Waals surface area (Å²) >= 11 is 2.85. The number of hydrogen-bond acceptors (Lipinski definition) is 6. The van der Waals surface area contributed by atoms with Gasteiger partial charge in [0.1, 0.15) is 0 Å². The van der Waals surface area contributed by atoms with Crippen LogP contribution >= 0.6 is 23.1 Å². The molecule has 2 fully saturated rings. The zero-order valence-electron chi connectivity index (χ0n) is 18.8. The molecular weight excluding hydrogens is 466 g/mol. The maximum absolute atomic E-state index is 13.1. The molecule has 4 atom stereocenters. The average Bonchev–Trinajstić information content (AvgIpc) is 3.57. The number of thioether (sulfide) groups is 1. The predicted molar refractivity (Wildman–Crippen MR) is 135 cm³/mol. The number of nitrogens with one attached hydrogen (secondary N) is 1. The highest BCUT2D eigenvalue weighted by atomic mass is 32.2. The summed E-state index contributed by atoms with van der Waals surface area (Å²) in [7, 11) is 0. The number of benzene rings is 2. The van der Waals surface area contributed by atoms with Crippen LogP contribution in [0.5, 0.6) is 0 Å². The summed E-state index contributed by atoms with van der Waals surface area (Å²) in [6.45, 7) is 4.06. The molecule has 172 valence electrons. The number of anilines is 2. The molecule has 3 aromatic rings. The normalized spacial score (nSPS) is 24.9. The zero-order chi connectivity index (χ0) is 23.6. The van der Waals surface area contributed by atoms with Crippen LogP contribution in [-0.2, 0) is 14.4 Å². The number of fused-ring (bicyclic) bond motifs is 6. The van der Waals surface area contributed by atoms with Crippen LogP contribution in [0.2, 0.25) is 0 Å². The van der Waals surface area contributed by atoms with Gasteiger partial charge in [0.25, 0.3) is 0 Å². The van der Waals surface area contributed by atoms with E-state index < -0.39 is 0 Å². The summed E-state index contributed by atoms with van der Waals surface area (Å²) < 4.78 is 1.67. The first kappa shape index (κ1) is 21.6. The molecule has 1 aliphatic heterocycles. The minimum Gasteiger partial charge on any atom is -0.325 e. The number of rotatable bonds is 5. The van der Waals surface area contributed by atoms with Gasteiger partial charge in [-0.15, -0.1) is 11.3 Å². The maximum Gasteiger partial charge on any atom is 0.238 e. The molecule has 2 aromatic carbocycles. The largest absolute Gasteiger partial charge is 0.325 e. The Morgan fingerprint density at radius 1 is 1.06 bits per heavy atom. The lowest BCUT2D eigenvalue weighted by Gasteiger charge is -2.17. The van der Waals surface area contributed by atoms with Gasteiger partial charge in [-0.1, -0.05) is 30.0 Å². The Bertz CT molecular complexity index is 1370. The van der Waals surface area contributed by atoms with Crippen molar-refractivity contribution in [1.29, 1.82) is 0 Å². The maximum atomic E-state index is 13.1. The Labute approximate surface area is 205 Å². The van der Waals surface area contributed by atoms with E-state index in [1.165, 1.54) is 33.6 Å². The number of imide groups is 1. The van der Waals surface area contributed by atoms with Gasteiger partial charge in [-0.2, -0.15) is 0 Å². The standard InChI is InChI=1S/C26H23N3O3S2/c1-13-3-6-17(9-14(13)2)27-21(30)12-33-26-28-19-8-7-18(11-20(19)34-26)29-24(31)22-15-4-5-16(10-15)23(22)25(29)32/h3-9,11,15-16,22-23H,10,12H2,1-2H3,(H,27,30)/t15-,16-,22-,23-/m0/s1. The number of carbonyl (C=O) groups excluding carboxylic acids is 3. The summed E-state index contributed by atoms with van der Waals surface area (Å²) in [5, 5.41) is 2.93. The Balaban J connectivity index is 1.15. The molecule has 2 heterocycles. The topological polar surface area (TPSA) is 79.4 Å². The van der Waals surface area contributed by atoms with Crippen molar-refractivity contribution in [2.45, 2.75) is 24.6 Å². The highest BCUT2D eigenvalue weighted by molar-refractivity contribution is 8.01. The fraction of sp³-hybridized carbons (Fsp3) is 0.308. The van der Waals surface area contributed by atoms with Crippen molar-refractivity contribution in [2.24, 2.45) is 23.7 Å². The fourth-order valence-corrected chi connectivity index (χ4v) is 7.29. The van der Waals surface area contributed by atoms with Crippen LogP contribution in [0.3, 0.4) is 0 Å². The molecule has 1 N–H and O–H groups in total. The molecule has 1 aromatic heterocycles. The van der Waals surface area contributed by atoms with Crippen LogP contribution in [0.15, 0.2) is 52.9 Å². The second-order valence-electron chi connectivity index (χ2n) is 9.28. The van der Waals surface area contributed by atoms with Crippen molar-refractivity contribution >= 4 is 62.4 Å². The van der Waals surface area contributed by atoms with Gasteiger partial charge >= 0.3 is 0 Å². The van der Waals surface area contributed by atoms with Gasteiger partial charge in [0.2, 0.25) is 17.7 Å². The lowest BCUT2D eigenvalue weighted by molar-refractivity contribution is -0.123. The Hall–Kier alpha value is -2.97. The summed E-state index contributed by atoms with van der Waals surface area (Å²) in [6.07, 6.45) is 5.13. The molecule has 6 nitrogen and oxygen atoms in total. The van der Waals surface area contributed by atoms with Gasteiger partial charge in [-0.05, 0) is 73.6 Å². The molecule has 2 aliphatic carbocycles. The molecule has 0 spiro atoms. The smallest absolute Gasteiger partial charge is 0.238 e. The molecule has 0 radical (unpaired) electrons. The number of amides is 3. The molecule has 1 saturated carbocycles. The van der Waals surface area contributed by atoms with Gasteiger partial charge in [-0.3, -0.25) is 14.4 Å². The highest BCUT2D eigenvalue weighted by Gasteiger charge is 2.59. The van der Waals surface area contributed by atoms with E-state index in [9.17, 15) is 14.4 Å². The summed E-state index contributed by atoms with van der Waals surface area (Å²) in [6, 6.07) is 11.4. The molecule has 1 saturated heterocycles. The van der Waals surface area contributed by atoms with E-state index >= 15 is 0 Å². The number of thiazole rings is 1. The van der Waals surface area contributed by atoms with Crippen LogP contribution < -0.4 is 10.2 Å². The van der Waals surface area contributed by atoms with Gasteiger partial charge in [0.15, 0.2) is 4.34 Å². The van der Waals surface area contributed by atoms with E-state index in [0.29, 0.717) is 5.69 Å². The highest BCUT2D eigenvalue weighted by Crippen LogP contribution is 2.53. The molecular formula is C26H23N3O3S2. The van der Waals surface area contributed by atoms with Crippen molar-refractivity contribution in [3.05, 3.63) is 59.7 Å². The summed E-state index contributed by atoms with van der Waals surface area (Å²) in [5.74, 6) is -0.00816. The van der Waals surface area contributed by atoms with Crippen LogP contribution in [0.25, 0.3) is 10.2 Å². The van der Waals surface area contributed by atoms with Crippen molar-refractivity contribution in [2.75, 3.05) is 16.0 Å². The average molecular weight is 490 g/mol. The second kappa shape index (κ2) is 8.06. The quantitative estimate of drug-likeness (QED) is 0.311. The molecule has 3 amide bonds. The molecule has 8 heteroatoms. The van der Waals surface area contributed by atoms with Crippen molar-refractivity contribution in [3.63, 3.8) is 0 Å². The zero-order valence-corrected chi connectivity index (χ0v) is 20.4. The third kappa shape index (κ3) is 3.47. The molecule has 34 heavy (non-hydrogen) atoms. The van der Waals surface area contributed by atoms with Gasteiger partial charge < -0.3 is 5.32 Å². The minimum absolute atomic E-state index is 0.0756. The van der Waals surface area contributed by atoms with E-state index in [2.05, 4.69) is 22.5 Å². The number of aromatic nitrogens is 1. The Morgan fingerprint density at radius 2 is 1.79 bits per heavy atom. The first-order chi connectivity index (χ1) is 16.4. The van der Waals surface area contributed by atoms with Crippen molar-refractivity contribution < 1.29 is 14.4 Å². The van der Waals surface area contributed by atoms with E-state index in [0.717, 1.165) is 32.2 Å². The number of hydrogen-bond donors (Lipinski definition) is 1. The first-order valence-corrected chi connectivity index (χ1v) is 13.2. The van der Waals surface area contributed by atoms with E-state index in [-0.39, 0.29) is 47.1 Å². The minimum atomic E-state index is -0.207. The third-order valence-electron chi connectivity index (χ3n) is 7.20. The molecule has 6 rings (SSSR count). The van der Waals surface area contributed by atoms with Gasteiger partial charge in [0, 0.05) is 5.69 Å². The monoisotopic (exact) mass is 489 g/mol. The van der Waals surface area contributed by atoms with E-state index in [1.54, 1.807) is 6.07 Å². The van der Waals surface area contributed by atoms with Crippen LogP contribution in [0, 0.1) is 37.5 Å². The van der Waals surface area contributed by atoms with E-state index in [4.69, 9.17) is 0 Å². The van der Waals surface area contributed by atoms with Crippen LogP contribution in [-0.4, -0.2) is 28.5 Å². The SMILES string of the molecule is Cc1ccc(NC(=O)CSc2nc3ccc(N4C(=O)[C@@H]5[C@@H](C4=O)[C@H]4C=C[C@H]5C4)cc3s2)cc1C. The fourth-order valence-electron chi connectivity index (χ4n) is 5.39. The van der Waals surface area contributed by atoms with E-state index in [1.807, 2.05) is 44.2 Å². The van der Waals surface area contributed by atoms with Crippen LogP contribution in [0.1, 0.15) is 17.5 Å². The number of carbonyl (C=O) groups is 3. The third-order valence-corrected chi connectivity index (χ3v) is 9.36. The predicted octanol–water partition coefficient (Wildman–Crippen LogP) is 4.96. The summed E-state index contributed by atoms with van der Waals surface area (Å²) in [4.78, 5) is 44.6. The number of nitrogens with zero attached hydrogens (tertiary/aromatic N) is 2. The molecule has 3 aliphatic rings. The van der Waals surface area contributed by atoms with Gasteiger partial charge in [0.05, 0.1) is 33.5 Å². The molecule has 2 bridgehead atoms. The van der Waals surface area contributed by atoms with Crippen molar-refractivity contribution in [1.82, 2.24) is 4.98 Å². The lowest BCUT2D eigenvalue weighted by atomic mass is 9.85. The number of aryl methyl sites for hydroxylation is 2. The Morgan fingerprint density at radius 3 is 2.50 bits per heavy atom. The summed E-state index contributed by atoms with van der Waals surface area (Å²) in [5.41, 5.74) is 4.52. The first-order valence-electron chi connectivity index (χ1n) is 11.4. The molecule has 0 unspecified atom stereocenters. The van der Waals surface area contributed by atoms with Gasteiger partial charge in [-0.25, -0.2) is 9.88 Å². The Kier molecular flexibility index (Phi) is 5.11. The van der Waals surface area contributed by atoms with Crippen LogP contribution in [0.4, 0.5) is 11.4 Å². The lowest BCUT2D eigenvalue weighted by Crippen LogP contribution is -2.32. The number of allylic oxidation sites excluding steroid dienone is 2. The van der Waals surface area contributed by atoms with Crippen molar-refractivity contribution in [3.8, 4) is 0 Å².